The van der Waals surface area contributed by atoms with Gasteiger partial charge < -0.3 is 10.5 Å². The maximum absolute atomic E-state index is 10.1. The molecule has 0 amide bonds. The highest BCUT2D eigenvalue weighted by Crippen LogP contribution is 2.15. The molecule has 0 atom stereocenters. The van der Waals surface area contributed by atoms with Crippen LogP contribution >= 0.6 is 47.8 Å². The molecule has 8 heteroatoms. The van der Waals surface area contributed by atoms with E-state index in [1.807, 2.05) is 0 Å². The van der Waals surface area contributed by atoms with Gasteiger partial charge in [0.25, 0.3) is 0 Å². The monoisotopic (exact) mass is 435 g/mol. The number of hydrogen-bond acceptors (Lipinski definition) is 5. The van der Waals surface area contributed by atoms with Crippen molar-refractivity contribution in [2.45, 2.75) is 14.4 Å². The number of carbonyl (C=O) groups excluding carboxylic acids is 1. The van der Waals surface area contributed by atoms with E-state index in [9.17, 15) is 4.79 Å². The second-order valence-electron chi connectivity index (χ2n) is 2.31. The Labute approximate surface area is 126 Å². The third kappa shape index (κ3) is 9.49. The highest BCUT2D eigenvalue weighted by molar-refractivity contribution is 9.11. The van der Waals surface area contributed by atoms with Gasteiger partial charge in [-0.3, -0.25) is 4.79 Å². The van der Waals surface area contributed by atoms with Crippen molar-refractivity contribution in [1.29, 1.82) is 0 Å². The smallest absolute Gasteiger partial charge is 0.316 e. The Bertz CT molecular complexity index is 350. The number of halogens is 3. The van der Waals surface area contributed by atoms with Crippen LogP contribution in [0.25, 0.3) is 0 Å². The first-order valence-electron chi connectivity index (χ1n) is 4.16. The Kier molecular flexibility index (Phi) is 12.3. The van der Waals surface area contributed by atoms with Crippen molar-refractivity contribution in [3.63, 3.8) is 0 Å². The zero-order valence-corrected chi connectivity index (χ0v) is 13.2. The van der Waals surface area contributed by atoms with Gasteiger partial charge >= 0.3 is 5.97 Å². The molecule has 0 aromatic carbocycles. The number of rotatable bonds is 2. The maximum Gasteiger partial charge on any atom is 0.316 e. The number of carbonyl (C=O) groups is 1. The summed E-state index contributed by atoms with van der Waals surface area (Å²) in [6.07, 6.45) is 1.54. The molecule has 0 radical (unpaired) electrons. The molecular weight excluding hydrogens is 424 g/mol. The summed E-state index contributed by atoms with van der Waals surface area (Å²) in [5.41, 5.74) is 5.35. The highest BCUT2D eigenvalue weighted by atomic mass is 79.9. The molecule has 0 fully saturated rings. The van der Waals surface area contributed by atoms with Crippen LogP contribution in [0, 0.1) is 0 Å². The van der Waals surface area contributed by atoms with Crippen LogP contribution in [-0.4, -0.2) is 27.9 Å². The topological polar surface area (TPSA) is 78.1 Å². The number of hydrogen-bond donors (Lipinski definition) is 1. The lowest BCUT2D eigenvalue weighted by Crippen LogP contribution is -2.03. The molecule has 1 rings (SSSR count). The number of esters is 1. The van der Waals surface area contributed by atoms with Gasteiger partial charge in [-0.25, -0.2) is 9.97 Å². The first kappa shape index (κ1) is 19.1. The van der Waals surface area contributed by atoms with Gasteiger partial charge in [0.05, 0.1) is 12.8 Å². The summed E-state index contributed by atoms with van der Waals surface area (Å²) in [5.74, 6) is 0.195. The number of aromatic nitrogens is 2. The molecule has 5 nitrogen and oxygen atoms in total. The van der Waals surface area contributed by atoms with Gasteiger partial charge in [-0.15, -0.1) is 0 Å². The summed E-state index contributed by atoms with van der Waals surface area (Å²) in [5, 5.41) is 0.292. The second kappa shape index (κ2) is 10.9. The molecule has 0 spiro atoms. The fourth-order valence-electron chi connectivity index (χ4n) is 0.556. The van der Waals surface area contributed by atoms with E-state index in [1.165, 1.54) is 0 Å². The lowest BCUT2D eigenvalue weighted by Gasteiger charge is -1.93. The summed E-state index contributed by atoms with van der Waals surface area (Å²) < 4.78 is 5.74. The Morgan fingerprint density at radius 3 is 2.41 bits per heavy atom. The van der Waals surface area contributed by atoms with E-state index in [2.05, 4.69) is 62.5 Å². The largest absolute Gasteiger partial charge is 0.465 e. The summed E-state index contributed by atoms with van der Waals surface area (Å²) in [4.78, 5) is 17.9. The van der Waals surface area contributed by atoms with Crippen LogP contribution < -0.4 is 5.73 Å². The van der Waals surface area contributed by atoms with Gasteiger partial charge in [-0.2, -0.15) is 0 Å². The first-order chi connectivity index (χ1) is 7.51. The second-order valence-corrected chi connectivity index (χ2v) is 4.43. The quantitative estimate of drug-likeness (QED) is 0.437. The zero-order valence-electron chi connectivity index (χ0n) is 8.41. The van der Waals surface area contributed by atoms with Crippen LogP contribution in [0.4, 0.5) is 5.82 Å². The van der Waals surface area contributed by atoms with Crippen LogP contribution in [0.15, 0.2) is 15.4 Å². The molecular formula is C9H14Br3N3O2. The summed E-state index contributed by atoms with van der Waals surface area (Å²) in [6.45, 7) is 2.24. The number of alkyl halides is 1. The number of ether oxygens (including phenoxy) is 1. The van der Waals surface area contributed by atoms with Gasteiger partial charge in [-0.05, 0) is 38.8 Å². The van der Waals surface area contributed by atoms with Crippen molar-refractivity contribution < 1.29 is 9.53 Å². The van der Waals surface area contributed by atoms with Gasteiger partial charge in [0.2, 0.25) is 0 Å². The molecule has 17 heavy (non-hydrogen) atoms. The van der Waals surface area contributed by atoms with E-state index in [4.69, 9.17) is 5.73 Å². The summed E-state index contributed by atoms with van der Waals surface area (Å²) in [6, 6.07) is 0. The molecule has 1 aromatic heterocycles. The van der Waals surface area contributed by atoms with Gasteiger partial charge in [-0.1, -0.05) is 23.4 Å². The molecule has 0 saturated heterocycles. The molecule has 0 unspecified atom stereocenters. The van der Waals surface area contributed by atoms with Crippen LogP contribution in [0.2, 0.25) is 0 Å². The average molecular weight is 438 g/mol. The van der Waals surface area contributed by atoms with Crippen LogP contribution in [0.5, 0.6) is 0 Å². The SMILES string of the molecule is C.CCO[13C](=O)[13CH2]Br.Nc1ncc(Br)nc1Br. The Morgan fingerprint density at radius 1 is 1.53 bits per heavy atom. The van der Waals surface area contributed by atoms with E-state index in [-0.39, 0.29) is 13.4 Å². The van der Waals surface area contributed by atoms with Gasteiger partial charge in [0.1, 0.15) is 14.5 Å². The number of nitrogen functional groups attached to an aromatic ring is 1. The van der Waals surface area contributed by atoms with E-state index in [0.29, 0.717) is 27.0 Å². The van der Waals surface area contributed by atoms with Crippen molar-refractivity contribution in [3.8, 4) is 0 Å². The van der Waals surface area contributed by atoms with Crippen LogP contribution in [-0.2, 0) is 9.53 Å². The fraction of sp³-hybridized carbons (Fsp3) is 0.444. The molecule has 0 saturated carbocycles. The number of nitrogens with zero attached hydrogens (tertiary/aromatic N) is 2. The molecule has 2 N–H and O–H groups in total. The van der Waals surface area contributed by atoms with Crippen molar-refractivity contribution in [1.82, 2.24) is 9.97 Å². The number of nitrogens with two attached hydrogens (primary N) is 1. The average Bonchev–Trinajstić information content (AvgIpc) is 2.25. The third-order valence-corrected chi connectivity index (χ3v) is 2.56. The number of anilines is 1. The fourth-order valence-corrected chi connectivity index (χ4v) is 1.53. The Morgan fingerprint density at radius 2 is 2.12 bits per heavy atom. The maximum atomic E-state index is 10.1. The minimum absolute atomic E-state index is 0. The molecule has 0 aliphatic carbocycles. The van der Waals surface area contributed by atoms with E-state index in [0.717, 1.165) is 0 Å². The standard InChI is InChI=1S/C4H3Br2N3.C4H7BrO2.CH4/c5-2-1-8-4(7)3(6)9-2;1-2-7-4(6)3-5;/h1H,(H2,7,8);2-3H2,1H3;1H4/i;3+1,4+1;. The van der Waals surface area contributed by atoms with Crippen molar-refractivity contribution in [2.75, 3.05) is 17.7 Å². The minimum atomic E-state index is -0.206. The normalized spacial score (nSPS) is 8.47. The van der Waals surface area contributed by atoms with Crippen molar-refractivity contribution in [2.24, 2.45) is 0 Å². The third-order valence-electron chi connectivity index (χ3n) is 1.14. The molecule has 98 valence electrons. The minimum Gasteiger partial charge on any atom is -0.465 e. The van der Waals surface area contributed by atoms with E-state index in [1.54, 1.807) is 13.1 Å². The van der Waals surface area contributed by atoms with Gasteiger partial charge in [0.15, 0.2) is 5.82 Å². The van der Waals surface area contributed by atoms with Gasteiger partial charge in [0, 0.05) is 0 Å². The lowest BCUT2D eigenvalue weighted by atomic mass is 10.7. The molecule has 0 aliphatic rings. The van der Waals surface area contributed by atoms with E-state index >= 15 is 0 Å². The van der Waals surface area contributed by atoms with E-state index < -0.39 is 0 Å². The Hall–Kier alpha value is -0.210. The Balaban J connectivity index is 0. The predicted molar refractivity (Wildman–Crippen MR) is 79.0 cm³/mol. The van der Waals surface area contributed by atoms with Crippen LogP contribution in [0.1, 0.15) is 14.4 Å². The summed E-state index contributed by atoms with van der Waals surface area (Å²) in [7, 11) is 0. The highest BCUT2D eigenvalue weighted by Gasteiger charge is 1.96. The van der Waals surface area contributed by atoms with Crippen molar-refractivity contribution >= 4 is 59.6 Å². The predicted octanol–water partition coefficient (Wildman–Crippen LogP) is 3.16. The van der Waals surface area contributed by atoms with Crippen molar-refractivity contribution in [3.05, 3.63) is 15.4 Å². The lowest BCUT2D eigenvalue weighted by molar-refractivity contribution is -0.139. The molecule has 0 bridgehead atoms. The van der Waals surface area contributed by atoms with Crippen LogP contribution in [0.3, 0.4) is 0 Å². The molecule has 0 aliphatic heterocycles. The first-order valence-corrected chi connectivity index (χ1v) is 6.87. The molecule has 1 heterocycles. The summed E-state index contributed by atoms with van der Waals surface area (Å²) >= 11 is 9.20. The zero-order chi connectivity index (χ0) is 12.6. The molecule has 1 aromatic rings.